The summed E-state index contributed by atoms with van der Waals surface area (Å²) in [5.41, 5.74) is 0. The minimum Gasteiger partial charge on any atom is -0.132 e. The highest BCUT2D eigenvalue weighted by atomic mass is 27.1. The van der Waals surface area contributed by atoms with Gasteiger partial charge in [0, 0.05) is 0 Å². The zero-order valence-electron chi connectivity index (χ0n) is 7.05. The Morgan fingerprint density at radius 1 is 1.27 bits per heavy atom. The molecule has 0 radical (unpaired) electrons. The van der Waals surface area contributed by atoms with Crippen LogP contribution in [-0.2, 0) is 0 Å². The first-order valence-corrected chi connectivity index (χ1v) is 6.32. The highest BCUT2D eigenvalue weighted by Crippen LogP contribution is 2.31. The van der Waals surface area contributed by atoms with Gasteiger partial charge in [0.1, 0.15) is 0 Å². The van der Waals surface area contributed by atoms with E-state index in [-0.39, 0.29) is 15.2 Å². The van der Waals surface area contributed by atoms with Crippen LogP contribution in [0.1, 0.15) is 32.1 Å². The maximum atomic E-state index is 2.37. The molecule has 0 amide bonds. The summed E-state index contributed by atoms with van der Waals surface area (Å²) in [7, 11) is 0. The molecule has 1 fully saturated rings. The smallest absolute Gasteiger partial charge is 0.132 e. The van der Waals surface area contributed by atoms with Crippen LogP contribution < -0.4 is 0 Å². The topological polar surface area (TPSA) is 0 Å². The molecule has 0 aliphatic heterocycles. The lowest BCUT2D eigenvalue weighted by molar-refractivity contribution is 0.868. The third-order valence-electron chi connectivity index (χ3n) is 2.87. The summed E-state index contributed by atoms with van der Waals surface area (Å²) >= 11 is 0.163. The zero-order chi connectivity index (χ0) is 7.52. The van der Waals surface area contributed by atoms with E-state index in [0.717, 1.165) is 0 Å². The van der Waals surface area contributed by atoms with Gasteiger partial charge in [-0.05, 0) is 6.42 Å². The Morgan fingerprint density at radius 3 is 2.73 bits per heavy atom. The molecular weight excluding hydrogens is 147 g/mol. The predicted molar refractivity (Wildman–Crippen MR) is 51.2 cm³/mol. The van der Waals surface area contributed by atoms with Crippen LogP contribution in [0.5, 0.6) is 0 Å². The minimum absolute atomic E-state index is 0.163. The van der Waals surface area contributed by atoms with Crippen molar-refractivity contribution in [3.63, 3.8) is 0 Å². The molecule has 0 bridgehead atoms. The summed E-state index contributed by atoms with van der Waals surface area (Å²) in [6.45, 7) is 0. The van der Waals surface area contributed by atoms with Crippen molar-refractivity contribution < 1.29 is 0 Å². The molecule has 0 atom stereocenters. The van der Waals surface area contributed by atoms with Crippen molar-refractivity contribution in [1.29, 1.82) is 0 Å². The van der Waals surface area contributed by atoms with Crippen LogP contribution in [0.15, 0.2) is 22.7 Å². The highest BCUT2D eigenvalue weighted by Gasteiger charge is 2.18. The maximum absolute atomic E-state index is 2.37. The van der Waals surface area contributed by atoms with E-state index in [4.69, 9.17) is 0 Å². The Labute approximate surface area is 75.1 Å². The molecule has 0 saturated heterocycles. The first-order chi connectivity index (χ1) is 5.45. The molecule has 0 N–H and O–H groups in total. The van der Waals surface area contributed by atoms with Crippen LogP contribution in [0, 0.1) is 0 Å². The quantitative estimate of drug-likeness (QED) is 0.547. The zero-order valence-corrected chi connectivity index (χ0v) is 8.47. The van der Waals surface area contributed by atoms with Crippen LogP contribution >= 0.6 is 0 Å². The summed E-state index contributed by atoms with van der Waals surface area (Å²) in [6.07, 6.45) is 14.3. The average molecular weight is 162 g/mol. The standard InChI is InChI=1S/C5H9.C5H5.Al.H/c2*1-2-4-5-3-1;;/h1H,2-5H2;1-3H,4H2;;. The van der Waals surface area contributed by atoms with Crippen LogP contribution in [0.2, 0.25) is 4.78 Å². The lowest BCUT2D eigenvalue weighted by atomic mass is 10.4. The van der Waals surface area contributed by atoms with Gasteiger partial charge < -0.3 is 0 Å². The van der Waals surface area contributed by atoms with Crippen molar-refractivity contribution in [2.75, 3.05) is 0 Å². The maximum Gasteiger partial charge on any atom is 0.279 e. The fourth-order valence-electron chi connectivity index (χ4n) is 2.23. The fraction of sp³-hybridized carbons (Fsp3) is 0.600. The van der Waals surface area contributed by atoms with Crippen molar-refractivity contribution in [1.82, 2.24) is 0 Å². The van der Waals surface area contributed by atoms with Crippen molar-refractivity contribution in [2.45, 2.75) is 36.9 Å². The van der Waals surface area contributed by atoms with Gasteiger partial charge in [-0.15, -0.1) is 4.44 Å². The van der Waals surface area contributed by atoms with Gasteiger partial charge in [-0.3, -0.25) is 0 Å². The Morgan fingerprint density at radius 2 is 2.09 bits per heavy atom. The Kier molecular flexibility index (Phi) is 2.51. The van der Waals surface area contributed by atoms with Gasteiger partial charge in [0.15, 0.2) is 0 Å². The molecule has 2 aliphatic carbocycles. The number of allylic oxidation sites excluding steroid dienone is 4. The molecule has 2 rings (SSSR count). The van der Waals surface area contributed by atoms with Gasteiger partial charge in [-0.2, -0.15) is 0 Å². The molecule has 0 heterocycles. The molecule has 0 aromatic rings. The number of hydrogen-bond donors (Lipinski definition) is 0. The second-order valence-corrected chi connectivity index (χ2v) is 6.28. The molecule has 0 spiro atoms. The van der Waals surface area contributed by atoms with E-state index >= 15 is 0 Å². The van der Waals surface area contributed by atoms with Crippen molar-refractivity contribution in [3.05, 3.63) is 22.7 Å². The number of rotatable bonds is 2. The molecule has 0 aromatic carbocycles. The van der Waals surface area contributed by atoms with E-state index in [9.17, 15) is 0 Å². The van der Waals surface area contributed by atoms with E-state index in [1.165, 1.54) is 24.0 Å². The van der Waals surface area contributed by atoms with Gasteiger partial charge in [0.05, 0.1) is 0 Å². The summed E-state index contributed by atoms with van der Waals surface area (Å²) in [6, 6.07) is 0. The first kappa shape index (κ1) is 7.65. The third-order valence-corrected chi connectivity index (χ3v) is 5.32. The lowest BCUT2D eigenvalue weighted by Crippen LogP contribution is -2.01. The number of hydrogen-bond acceptors (Lipinski definition) is 0. The molecule has 11 heavy (non-hydrogen) atoms. The summed E-state index contributed by atoms with van der Waals surface area (Å²) in [4.78, 5) is 0. The van der Waals surface area contributed by atoms with E-state index < -0.39 is 0 Å². The third kappa shape index (κ3) is 1.98. The van der Waals surface area contributed by atoms with Crippen LogP contribution in [-0.4, -0.2) is 15.2 Å². The highest BCUT2D eigenvalue weighted by molar-refractivity contribution is 6.47. The van der Waals surface area contributed by atoms with Gasteiger partial charge >= 0.3 is 0 Å². The molecule has 0 nitrogen and oxygen atoms in total. The minimum atomic E-state index is 0.163. The first-order valence-electron chi connectivity index (χ1n) is 4.80. The van der Waals surface area contributed by atoms with E-state index in [1.54, 1.807) is 17.3 Å². The monoisotopic (exact) mass is 162 g/mol. The van der Waals surface area contributed by atoms with Crippen LogP contribution in [0.25, 0.3) is 0 Å². The van der Waals surface area contributed by atoms with E-state index in [0.29, 0.717) is 0 Å². The van der Waals surface area contributed by atoms with Crippen LogP contribution in [0.4, 0.5) is 0 Å². The lowest BCUT2D eigenvalue weighted by Gasteiger charge is -2.05. The molecule has 1 saturated carbocycles. The fourth-order valence-corrected chi connectivity index (χ4v) is 4.56. The average Bonchev–Trinajstić information content (AvgIpc) is 2.60. The largest absolute Gasteiger partial charge is 0.279 e. The Hall–Kier alpha value is 0.0125. The van der Waals surface area contributed by atoms with Crippen molar-refractivity contribution in [2.24, 2.45) is 0 Å². The van der Waals surface area contributed by atoms with Crippen molar-refractivity contribution in [3.8, 4) is 0 Å². The van der Waals surface area contributed by atoms with E-state index in [1.807, 2.05) is 0 Å². The second-order valence-electron chi connectivity index (χ2n) is 3.81. The summed E-state index contributed by atoms with van der Waals surface area (Å²) < 4.78 is 2.97. The summed E-state index contributed by atoms with van der Waals surface area (Å²) in [5, 5.41) is 0. The predicted octanol–water partition coefficient (Wildman–Crippen LogP) is 2.63. The second kappa shape index (κ2) is 3.61. The molecule has 0 aromatic heterocycles. The van der Waals surface area contributed by atoms with Crippen molar-refractivity contribution >= 4 is 15.2 Å². The Balaban J connectivity index is 1.81. The van der Waals surface area contributed by atoms with Gasteiger partial charge in [-0.25, -0.2) is 0 Å². The molecule has 58 valence electrons. The van der Waals surface area contributed by atoms with Crippen LogP contribution in [0.3, 0.4) is 0 Å². The molecular formula is C10H15Al. The Bertz CT molecular complexity index is 185. The normalized spacial score (nSPS) is 24.2. The van der Waals surface area contributed by atoms with Gasteiger partial charge in [0.2, 0.25) is 0 Å². The summed E-state index contributed by atoms with van der Waals surface area (Å²) in [5.74, 6) is 0. The molecule has 0 unspecified atom stereocenters. The molecule has 2 aliphatic rings. The van der Waals surface area contributed by atoms with Gasteiger partial charge in [0.25, 0.3) is 15.2 Å². The van der Waals surface area contributed by atoms with Gasteiger partial charge in [-0.1, -0.05) is 48.7 Å². The van der Waals surface area contributed by atoms with E-state index in [2.05, 4.69) is 18.2 Å². The SMILES string of the molecule is C1=CC[C]([AlH][CH]2CCCC2)=C1. The molecule has 1 heteroatoms.